The van der Waals surface area contributed by atoms with Gasteiger partial charge in [-0.2, -0.15) is 13.2 Å². The van der Waals surface area contributed by atoms with E-state index < -0.39 is 27.6 Å². The highest BCUT2D eigenvalue weighted by Gasteiger charge is 2.35. The van der Waals surface area contributed by atoms with Gasteiger partial charge in [-0.3, -0.25) is 4.31 Å². The van der Waals surface area contributed by atoms with Crippen molar-refractivity contribution >= 4 is 42.1 Å². The normalized spacial score (nSPS) is 12.4. The molecular formula is C21H22F4N2O2S2. The van der Waals surface area contributed by atoms with Gasteiger partial charge in [-0.25, -0.2) is 12.8 Å². The molecule has 0 aliphatic rings. The predicted octanol–water partition coefficient (Wildman–Crippen LogP) is 5.79. The van der Waals surface area contributed by atoms with E-state index in [1.807, 2.05) is 25.1 Å². The predicted molar refractivity (Wildman–Crippen MR) is 118 cm³/mol. The molecule has 0 bridgehead atoms. The van der Waals surface area contributed by atoms with Crippen molar-refractivity contribution in [3.8, 4) is 0 Å². The third-order valence-electron chi connectivity index (χ3n) is 4.92. The van der Waals surface area contributed by atoms with Crippen molar-refractivity contribution in [2.45, 2.75) is 26.6 Å². The average Bonchev–Trinajstić information content (AvgIpc) is 3.07. The summed E-state index contributed by atoms with van der Waals surface area (Å²) < 4.78 is 81.2. The molecule has 3 aromatic rings. The highest BCUT2D eigenvalue weighted by molar-refractivity contribution is 7.92. The summed E-state index contributed by atoms with van der Waals surface area (Å²) in [6, 6.07) is 8.22. The first-order valence-electron chi connectivity index (χ1n) is 9.42. The number of benzene rings is 2. The zero-order valence-corrected chi connectivity index (χ0v) is 19.1. The van der Waals surface area contributed by atoms with Crippen LogP contribution in [0.25, 0.3) is 10.1 Å². The van der Waals surface area contributed by atoms with Crippen molar-refractivity contribution in [2.24, 2.45) is 0 Å². The van der Waals surface area contributed by atoms with Gasteiger partial charge in [0.15, 0.2) is 0 Å². The van der Waals surface area contributed by atoms with Crippen LogP contribution in [0, 0.1) is 12.7 Å². The molecule has 168 valence electrons. The average molecular weight is 475 g/mol. The van der Waals surface area contributed by atoms with Crippen LogP contribution in [0.4, 0.5) is 28.3 Å². The van der Waals surface area contributed by atoms with Crippen molar-refractivity contribution < 1.29 is 26.0 Å². The Morgan fingerprint density at radius 1 is 1.10 bits per heavy atom. The molecule has 10 heteroatoms. The van der Waals surface area contributed by atoms with Crippen LogP contribution in [0.15, 0.2) is 36.4 Å². The van der Waals surface area contributed by atoms with E-state index in [1.165, 1.54) is 24.3 Å². The molecule has 3 rings (SSSR count). The highest BCUT2D eigenvalue weighted by Crippen LogP contribution is 2.47. The van der Waals surface area contributed by atoms with Crippen LogP contribution >= 0.6 is 11.3 Å². The maximum atomic E-state index is 13.7. The fourth-order valence-electron chi connectivity index (χ4n) is 3.38. The van der Waals surface area contributed by atoms with E-state index in [2.05, 4.69) is 0 Å². The lowest BCUT2D eigenvalue weighted by molar-refractivity contribution is -0.140. The quantitative estimate of drug-likeness (QED) is 0.425. The van der Waals surface area contributed by atoms with Gasteiger partial charge in [0.05, 0.1) is 23.5 Å². The standard InChI is InChI=1S/C21H22F4N2O2S2/c1-5-31(28,29)27(12-14-9-10-16(22)15(11-14)21(23,24)25)20-19(26(3)4)18-13(2)7-6-8-17(18)30-20/h6-11H,5,12H2,1-4H3. The molecule has 0 saturated heterocycles. The smallest absolute Gasteiger partial charge is 0.375 e. The number of alkyl halides is 3. The van der Waals surface area contributed by atoms with Gasteiger partial charge in [0.2, 0.25) is 10.0 Å². The fraction of sp³-hybridized carbons (Fsp3) is 0.333. The van der Waals surface area contributed by atoms with E-state index in [9.17, 15) is 26.0 Å². The summed E-state index contributed by atoms with van der Waals surface area (Å²) in [5.74, 6) is -1.63. The van der Waals surface area contributed by atoms with Crippen molar-refractivity contribution in [1.29, 1.82) is 0 Å². The number of thiophene rings is 1. The Kier molecular flexibility index (Phi) is 6.25. The van der Waals surface area contributed by atoms with Crippen LogP contribution in [0.2, 0.25) is 0 Å². The minimum atomic E-state index is -4.88. The van der Waals surface area contributed by atoms with Crippen LogP contribution in [0.1, 0.15) is 23.6 Å². The topological polar surface area (TPSA) is 40.6 Å². The number of halogens is 4. The molecule has 1 aromatic heterocycles. The number of fused-ring (bicyclic) bond motifs is 1. The Hall–Kier alpha value is -2.33. The van der Waals surface area contributed by atoms with E-state index in [1.54, 1.807) is 19.0 Å². The molecule has 0 atom stereocenters. The third kappa shape index (κ3) is 4.50. The lowest BCUT2D eigenvalue weighted by Crippen LogP contribution is -2.32. The summed E-state index contributed by atoms with van der Waals surface area (Å²) in [6.07, 6.45) is -4.88. The molecule has 0 fully saturated rings. The van der Waals surface area contributed by atoms with Gasteiger partial charge < -0.3 is 4.90 Å². The molecule has 2 aromatic carbocycles. The fourth-order valence-corrected chi connectivity index (χ4v) is 6.09. The zero-order valence-electron chi connectivity index (χ0n) is 17.4. The van der Waals surface area contributed by atoms with Crippen molar-refractivity contribution in [1.82, 2.24) is 0 Å². The molecule has 0 N–H and O–H groups in total. The number of nitrogens with zero attached hydrogens (tertiary/aromatic N) is 2. The number of hydrogen-bond donors (Lipinski definition) is 0. The number of rotatable bonds is 6. The van der Waals surface area contributed by atoms with Gasteiger partial charge in [-0.05, 0) is 43.2 Å². The first-order chi connectivity index (χ1) is 14.4. The highest BCUT2D eigenvalue weighted by atomic mass is 32.2. The zero-order chi connectivity index (χ0) is 23.1. The van der Waals surface area contributed by atoms with E-state index in [4.69, 9.17) is 0 Å². The summed E-state index contributed by atoms with van der Waals surface area (Å²) in [5.41, 5.74) is 0.260. The first-order valence-corrected chi connectivity index (χ1v) is 11.8. The van der Waals surface area contributed by atoms with E-state index >= 15 is 0 Å². The Labute approximate surface area is 182 Å². The van der Waals surface area contributed by atoms with Crippen LogP contribution in [-0.4, -0.2) is 28.3 Å². The van der Waals surface area contributed by atoms with Gasteiger partial charge in [0.25, 0.3) is 0 Å². The monoisotopic (exact) mass is 474 g/mol. The molecular weight excluding hydrogens is 452 g/mol. The Morgan fingerprint density at radius 2 is 1.77 bits per heavy atom. The Bertz CT molecular complexity index is 1220. The first kappa shape index (κ1) is 23.3. The lowest BCUT2D eigenvalue weighted by Gasteiger charge is -2.26. The summed E-state index contributed by atoms with van der Waals surface area (Å²) in [5, 5.41) is 1.30. The van der Waals surface area contributed by atoms with Crippen molar-refractivity contribution in [2.75, 3.05) is 29.1 Å². The van der Waals surface area contributed by atoms with Gasteiger partial charge >= 0.3 is 6.18 Å². The molecule has 1 heterocycles. The minimum absolute atomic E-state index is 0.0460. The minimum Gasteiger partial charge on any atom is -0.375 e. The molecule has 0 aliphatic carbocycles. The van der Waals surface area contributed by atoms with Gasteiger partial charge in [-0.15, -0.1) is 11.3 Å². The van der Waals surface area contributed by atoms with Crippen LogP contribution in [0.3, 0.4) is 0 Å². The van der Waals surface area contributed by atoms with E-state index in [-0.39, 0.29) is 17.9 Å². The molecule has 0 aliphatic heterocycles. The number of anilines is 2. The molecule has 0 radical (unpaired) electrons. The van der Waals surface area contributed by atoms with E-state index in [0.29, 0.717) is 16.8 Å². The molecule has 0 saturated carbocycles. The maximum Gasteiger partial charge on any atom is 0.419 e. The Balaban J connectivity index is 2.22. The van der Waals surface area contributed by atoms with Gasteiger partial charge in [0, 0.05) is 24.2 Å². The summed E-state index contributed by atoms with van der Waals surface area (Å²) in [4.78, 5) is 1.80. The second-order valence-corrected chi connectivity index (χ2v) is 10.5. The second kappa shape index (κ2) is 8.31. The molecule has 0 unspecified atom stereocenters. The molecule has 0 spiro atoms. The van der Waals surface area contributed by atoms with Crippen LogP contribution in [-0.2, 0) is 22.7 Å². The maximum absolute atomic E-state index is 13.7. The third-order valence-corrected chi connectivity index (χ3v) is 7.91. The SMILES string of the molecule is CCS(=O)(=O)N(Cc1ccc(F)c(C(F)(F)F)c1)c1sc2cccc(C)c2c1N(C)C. The summed E-state index contributed by atoms with van der Waals surface area (Å²) >= 11 is 1.26. The number of hydrogen-bond acceptors (Lipinski definition) is 4. The van der Waals surface area contributed by atoms with E-state index in [0.717, 1.165) is 26.0 Å². The van der Waals surface area contributed by atoms with Gasteiger partial charge in [0.1, 0.15) is 10.8 Å². The largest absolute Gasteiger partial charge is 0.419 e. The molecule has 31 heavy (non-hydrogen) atoms. The van der Waals surface area contributed by atoms with Gasteiger partial charge in [-0.1, -0.05) is 18.2 Å². The molecule has 0 amide bonds. The lowest BCUT2D eigenvalue weighted by atomic mass is 10.1. The van der Waals surface area contributed by atoms with Crippen LogP contribution in [0.5, 0.6) is 0 Å². The van der Waals surface area contributed by atoms with Crippen molar-refractivity contribution in [3.63, 3.8) is 0 Å². The number of sulfonamides is 1. The van der Waals surface area contributed by atoms with Crippen molar-refractivity contribution in [3.05, 3.63) is 58.9 Å². The van der Waals surface area contributed by atoms with Crippen LogP contribution < -0.4 is 9.21 Å². The Morgan fingerprint density at radius 3 is 2.35 bits per heavy atom. The summed E-state index contributed by atoms with van der Waals surface area (Å²) in [6.45, 7) is 3.05. The molecule has 4 nitrogen and oxygen atoms in total. The second-order valence-electron chi connectivity index (χ2n) is 7.32. The summed E-state index contributed by atoms with van der Waals surface area (Å²) in [7, 11) is -0.273. The number of aryl methyl sites for hydroxylation is 1.